The van der Waals surface area contributed by atoms with Crippen molar-refractivity contribution in [3.63, 3.8) is 0 Å². The molecule has 1 aromatic carbocycles. The molecule has 3 heteroatoms. The van der Waals surface area contributed by atoms with Crippen LogP contribution in [0, 0.1) is 0 Å². The lowest BCUT2D eigenvalue weighted by Gasteiger charge is -2.22. The van der Waals surface area contributed by atoms with Gasteiger partial charge >= 0.3 is 0 Å². The Bertz CT molecular complexity index is 535. The SMILES string of the molecule is c1ccc2cc(CCO[C@H]3CCCCO3)ncc2c1. The lowest BCUT2D eigenvalue weighted by molar-refractivity contribution is -0.161. The summed E-state index contributed by atoms with van der Waals surface area (Å²) in [6.07, 6.45) is 6.15. The summed E-state index contributed by atoms with van der Waals surface area (Å²) in [7, 11) is 0. The molecule has 0 aliphatic carbocycles. The van der Waals surface area contributed by atoms with Gasteiger partial charge in [0.05, 0.1) is 6.61 Å². The van der Waals surface area contributed by atoms with Gasteiger partial charge in [-0.2, -0.15) is 0 Å². The molecule has 0 radical (unpaired) electrons. The largest absolute Gasteiger partial charge is 0.353 e. The van der Waals surface area contributed by atoms with Crippen molar-refractivity contribution in [1.82, 2.24) is 4.98 Å². The summed E-state index contributed by atoms with van der Waals surface area (Å²) in [6.45, 7) is 1.51. The smallest absolute Gasteiger partial charge is 0.157 e. The van der Waals surface area contributed by atoms with E-state index in [4.69, 9.17) is 9.47 Å². The van der Waals surface area contributed by atoms with E-state index in [9.17, 15) is 0 Å². The quantitative estimate of drug-likeness (QED) is 0.842. The van der Waals surface area contributed by atoms with E-state index in [1.165, 1.54) is 17.2 Å². The van der Waals surface area contributed by atoms with Crippen LogP contribution < -0.4 is 0 Å². The lowest BCUT2D eigenvalue weighted by Crippen LogP contribution is -2.23. The maximum atomic E-state index is 5.74. The predicted molar refractivity (Wildman–Crippen MR) is 75.0 cm³/mol. The number of aromatic nitrogens is 1. The molecule has 0 spiro atoms. The van der Waals surface area contributed by atoms with Crippen LogP contribution in [0.5, 0.6) is 0 Å². The van der Waals surface area contributed by atoms with Gasteiger partial charge in [-0.3, -0.25) is 4.98 Å². The van der Waals surface area contributed by atoms with Crippen molar-refractivity contribution < 1.29 is 9.47 Å². The third-order valence-corrected chi connectivity index (χ3v) is 3.49. The van der Waals surface area contributed by atoms with E-state index in [-0.39, 0.29) is 6.29 Å². The Kier molecular flexibility index (Phi) is 4.06. The van der Waals surface area contributed by atoms with Gasteiger partial charge in [0.15, 0.2) is 6.29 Å². The predicted octanol–water partition coefficient (Wildman–Crippen LogP) is 3.32. The summed E-state index contributed by atoms with van der Waals surface area (Å²) in [5.74, 6) is 0. The number of hydrogen-bond acceptors (Lipinski definition) is 3. The third-order valence-electron chi connectivity index (χ3n) is 3.49. The summed E-state index contributed by atoms with van der Waals surface area (Å²) >= 11 is 0. The Morgan fingerprint density at radius 2 is 2.11 bits per heavy atom. The molecule has 2 aromatic rings. The van der Waals surface area contributed by atoms with E-state index >= 15 is 0 Å². The molecule has 3 nitrogen and oxygen atoms in total. The van der Waals surface area contributed by atoms with Crippen LogP contribution in [0.3, 0.4) is 0 Å². The molecule has 0 bridgehead atoms. The molecule has 1 fully saturated rings. The van der Waals surface area contributed by atoms with Crippen molar-refractivity contribution in [2.24, 2.45) is 0 Å². The highest BCUT2D eigenvalue weighted by Crippen LogP contribution is 2.16. The maximum absolute atomic E-state index is 5.74. The second kappa shape index (κ2) is 6.13. The van der Waals surface area contributed by atoms with Crippen LogP contribution in [0.2, 0.25) is 0 Å². The highest BCUT2D eigenvalue weighted by atomic mass is 16.7. The lowest BCUT2D eigenvalue weighted by atomic mass is 10.1. The molecule has 0 N–H and O–H groups in total. The third kappa shape index (κ3) is 3.31. The van der Waals surface area contributed by atoms with Gasteiger partial charge in [0.2, 0.25) is 0 Å². The molecule has 2 heterocycles. The number of ether oxygens (including phenoxy) is 2. The highest BCUT2D eigenvalue weighted by molar-refractivity contribution is 5.81. The van der Waals surface area contributed by atoms with Crippen LogP contribution in [0.25, 0.3) is 10.8 Å². The molecule has 19 heavy (non-hydrogen) atoms. The number of pyridine rings is 1. The molecule has 1 saturated heterocycles. The molecule has 0 amide bonds. The fourth-order valence-corrected chi connectivity index (χ4v) is 2.40. The second-order valence-corrected chi connectivity index (χ2v) is 4.94. The number of benzene rings is 1. The van der Waals surface area contributed by atoms with Crippen molar-refractivity contribution in [3.8, 4) is 0 Å². The monoisotopic (exact) mass is 257 g/mol. The molecule has 3 rings (SSSR count). The molecule has 100 valence electrons. The van der Waals surface area contributed by atoms with E-state index in [0.29, 0.717) is 6.61 Å². The van der Waals surface area contributed by atoms with Gasteiger partial charge in [0.25, 0.3) is 0 Å². The Morgan fingerprint density at radius 1 is 1.21 bits per heavy atom. The molecule has 1 aromatic heterocycles. The minimum absolute atomic E-state index is 0.00536. The van der Waals surface area contributed by atoms with Crippen LogP contribution in [0.1, 0.15) is 25.0 Å². The van der Waals surface area contributed by atoms with Crippen LogP contribution in [-0.4, -0.2) is 24.5 Å². The first kappa shape index (κ1) is 12.6. The molecule has 1 aliphatic rings. The van der Waals surface area contributed by atoms with Crippen molar-refractivity contribution in [2.45, 2.75) is 32.0 Å². The van der Waals surface area contributed by atoms with Crippen LogP contribution in [-0.2, 0) is 15.9 Å². The maximum Gasteiger partial charge on any atom is 0.157 e. The summed E-state index contributed by atoms with van der Waals surface area (Å²) in [6, 6.07) is 10.4. The van der Waals surface area contributed by atoms with Gasteiger partial charge in [0.1, 0.15) is 0 Å². The normalized spacial score (nSPS) is 19.7. The summed E-state index contributed by atoms with van der Waals surface area (Å²) in [5, 5.41) is 2.42. The second-order valence-electron chi connectivity index (χ2n) is 4.94. The number of hydrogen-bond donors (Lipinski definition) is 0. The summed E-state index contributed by atoms with van der Waals surface area (Å²) in [5.41, 5.74) is 1.08. The number of nitrogens with zero attached hydrogens (tertiary/aromatic N) is 1. The highest BCUT2D eigenvalue weighted by Gasteiger charge is 2.13. The Labute approximate surface area is 113 Å². The average molecular weight is 257 g/mol. The van der Waals surface area contributed by atoms with E-state index in [2.05, 4.69) is 29.2 Å². The fraction of sp³-hybridized carbons (Fsp3) is 0.438. The molecular formula is C16H19NO2. The Balaban J connectivity index is 1.56. The van der Waals surface area contributed by atoms with Gasteiger partial charge < -0.3 is 9.47 Å². The first-order valence-electron chi connectivity index (χ1n) is 6.99. The van der Waals surface area contributed by atoms with Crippen molar-refractivity contribution in [1.29, 1.82) is 0 Å². The first-order valence-corrected chi connectivity index (χ1v) is 6.99. The molecular weight excluding hydrogens is 238 g/mol. The minimum atomic E-state index is -0.00536. The van der Waals surface area contributed by atoms with Crippen molar-refractivity contribution >= 4 is 10.8 Å². The molecule has 1 aliphatic heterocycles. The van der Waals surface area contributed by atoms with Gasteiger partial charge in [0, 0.05) is 30.3 Å². The van der Waals surface area contributed by atoms with Crippen LogP contribution in [0.15, 0.2) is 36.5 Å². The standard InChI is InChI=1S/C16H19NO2/c1-2-6-14-12-17-15(11-13(14)5-1)8-10-19-16-7-3-4-9-18-16/h1-2,5-6,11-12,16H,3-4,7-10H2/t16-/m0/s1. The summed E-state index contributed by atoms with van der Waals surface area (Å²) < 4.78 is 11.3. The zero-order chi connectivity index (χ0) is 12.9. The van der Waals surface area contributed by atoms with Crippen molar-refractivity contribution in [3.05, 3.63) is 42.2 Å². The van der Waals surface area contributed by atoms with Gasteiger partial charge in [-0.1, -0.05) is 24.3 Å². The molecule has 1 atom stereocenters. The van der Waals surface area contributed by atoms with E-state index in [0.717, 1.165) is 31.6 Å². The Hall–Kier alpha value is -1.45. The zero-order valence-corrected chi connectivity index (χ0v) is 11.0. The Morgan fingerprint density at radius 3 is 2.95 bits per heavy atom. The first-order chi connectivity index (χ1) is 9.42. The van der Waals surface area contributed by atoms with Crippen molar-refractivity contribution in [2.75, 3.05) is 13.2 Å². The number of rotatable bonds is 4. The molecule has 0 unspecified atom stereocenters. The van der Waals surface area contributed by atoms with E-state index in [1.807, 2.05) is 12.3 Å². The van der Waals surface area contributed by atoms with Gasteiger partial charge in [-0.15, -0.1) is 0 Å². The topological polar surface area (TPSA) is 31.4 Å². The minimum Gasteiger partial charge on any atom is -0.353 e. The zero-order valence-electron chi connectivity index (χ0n) is 11.0. The van der Waals surface area contributed by atoms with Crippen LogP contribution >= 0.6 is 0 Å². The van der Waals surface area contributed by atoms with Gasteiger partial charge in [-0.25, -0.2) is 0 Å². The fourth-order valence-electron chi connectivity index (χ4n) is 2.40. The summed E-state index contributed by atoms with van der Waals surface area (Å²) in [4.78, 5) is 4.47. The van der Waals surface area contributed by atoms with Crippen LogP contribution in [0.4, 0.5) is 0 Å². The number of fused-ring (bicyclic) bond motifs is 1. The average Bonchev–Trinajstić information content (AvgIpc) is 2.48. The van der Waals surface area contributed by atoms with E-state index < -0.39 is 0 Å². The van der Waals surface area contributed by atoms with E-state index in [1.54, 1.807) is 0 Å². The molecule has 0 saturated carbocycles. The van der Waals surface area contributed by atoms with Gasteiger partial charge in [-0.05, 0) is 30.7 Å².